The van der Waals surface area contributed by atoms with E-state index in [-0.39, 0.29) is 41.0 Å². The Morgan fingerprint density at radius 3 is 1.30 bits per heavy atom. The summed E-state index contributed by atoms with van der Waals surface area (Å²) in [4.78, 5) is 26.4. The van der Waals surface area contributed by atoms with Crippen LogP contribution in [0.4, 0.5) is 0 Å². The van der Waals surface area contributed by atoms with Crippen LogP contribution >= 0.6 is 22.7 Å². The standard InChI is InChI=1S/C19H16O2S.C17H12O2S.Na.H2O/c1-2-21-19(20)17-13-16(14-9-5-3-6-10-14)18(22-17)15-11-7-4-8-12-15;18-17(19)15-11-14(12-7-3-1-4-8-12)16(20-15)13-9-5-2-6-10-13;;/h3-13H,2H2,1H3;1-11H,(H,18,19);;1H2/q;;+1;/p-1. The van der Waals surface area contributed by atoms with Crippen molar-refractivity contribution in [3.63, 3.8) is 0 Å². The quantitative estimate of drug-likeness (QED) is 0.154. The van der Waals surface area contributed by atoms with Gasteiger partial charge in [0, 0.05) is 20.9 Å². The zero-order valence-corrected chi connectivity index (χ0v) is 28.0. The topological polar surface area (TPSA) is 93.6 Å². The molecule has 2 heterocycles. The molecule has 44 heavy (non-hydrogen) atoms. The molecule has 0 aliphatic carbocycles. The Bertz CT molecular complexity index is 1650. The molecule has 0 saturated heterocycles. The zero-order valence-electron chi connectivity index (χ0n) is 24.3. The first-order valence-corrected chi connectivity index (χ1v) is 15.1. The second-order valence-electron chi connectivity index (χ2n) is 9.20. The third-order valence-corrected chi connectivity index (χ3v) is 8.73. The number of ether oxygens (including phenoxy) is 1. The molecule has 2 aromatic heterocycles. The van der Waals surface area contributed by atoms with E-state index < -0.39 is 5.97 Å². The smallest absolute Gasteiger partial charge is 0.870 e. The summed E-state index contributed by atoms with van der Waals surface area (Å²) in [7, 11) is 0. The van der Waals surface area contributed by atoms with E-state index in [9.17, 15) is 14.7 Å². The molecule has 0 fully saturated rings. The van der Waals surface area contributed by atoms with Gasteiger partial charge in [0.1, 0.15) is 9.75 Å². The van der Waals surface area contributed by atoms with E-state index in [1.807, 2.05) is 110 Å². The number of benzene rings is 4. The van der Waals surface area contributed by atoms with Crippen LogP contribution in [0.1, 0.15) is 26.3 Å². The molecule has 0 atom stereocenters. The van der Waals surface area contributed by atoms with Crippen molar-refractivity contribution < 1.29 is 54.5 Å². The van der Waals surface area contributed by atoms with Crippen molar-refractivity contribution in [1.29, 1.82) is 0 Å². The fourth-order valence-corrected chi connectivity index (χ4v) is 6.57. The summed E-state index contributed by atoms with van der Waals surface area (Å²) >= 11 is 2.80. The van der Waals surface area contributed by atoms with Crippen LogP contribution in [0.5, 0.6) is 0 Å². The van der Waals surface area contributed by atoms with Gasteiger partial charge in [-0.05, 0) is 41.3 Å². The van der Waals surface area contributed by atoms with Crippen LogP contribution in [0, 0.1) is 0 Å². The predicted molar refractivity (Wildman–Crippen MR) is 175 cm³/mol. The average Bonchev–Trinajstić information content (AvgIpc) is 3.70. The molecule has 0 radical (unpaired) electrons. The average molecular weight is 629 g/mol. The number of carboxylic acid groups (broad SMARTS) is 1. The van der Waals surface area contributed by atoms with Gasteiger partial charge in [0.25, 0.3) is 0 Å². The number of carbonyl (C=O) groups excluding carboxylic acids is 1. The van der Waals surface area contributed by atoms with Gasteiger partial charge in [-0.25, -0.2) is 9.59 Å². The van der Waals surface area contributed by atoms with E-state index in [1.165, 1.54) is 22.7 Å². The Morgan fingerprint density at radius 2 is 0.932 bits per heavy atom. The molecule has 0 aliphatic heterocycles. The van der Waals surface area contributed by atoms with Gasteiger partial charge in [0.05, 0.1) is 6.61 Å². The van der Waals surface area contributed by atoms with Gasteiger partial charge in [-0.2, -0.15) is 0 Å². The third kappa shape index (κ3) is 8.42. The molecular formula is C36H29NaO5S2. The molecule has 0 amide bonds. The number of carbonyl (C=O) groups is 2. The molecule has 0 aliphatic rings. The fraction of sp³-hybridized carbons (Fsp3) is 0.0556. The molecule has 216 valence electrons. The Hall–Kier alpha value is -3.82. The van der Waals surface area contributed by atoms with Crippen molar-refractivity contribution >= 4 is 34.6 Å². The van der Waals surface area contributed by atoms with Gasteiger partial charge < -0.3 is 15.3 Å². The van der Waals surface area contributed by atoms with Crippen molar-refractivity contribution in [3.8, 4) is 43.1 Å². The van der Waals surface area contributed by atoms with Gasteiger partial charge >= 0.3 is 41.5 Å². The fourth-order valence-electron chi connectivity index (χ4n) is 4.46. The van der Waals surface area contributed by atoms with Gasteiger partial charge in [0.15, 0.2) is 0 Å². The molecule has 4 aromatic carbocycles. The predicted octanol–water partition coefficient (Wildman–Crippen LogP) is 6.87. The van der Waals surface area contributed by atoms with Gasteiger partial charge in [-0.3, -0.25) is 0 Å². The van der Waals surface area contributed by atoms with E-state index in [0.29, 0.717) is 16.4 Å². The Labute approximate surface area is 287 Å². The summed E-state index contributed by atoms with van der Waals surface area (Å²) < 4.78 is 5.14. The number of hydrogen-bond acceptors (Lipinski definition) is 6. The van der Waals surface area contributed by atoms with Crippen LogP contribution in [0.25, 0.3) is 43.1 Å². The largest absolute Gasteiger partial charge is 1.00 e. The molecule has 0 spiro atoms. The van der Waals surface area contributed by atoms with Crippen LogP contribution in [0.3, 0.4) is 0 Å². The van der Waals surface area contributed by atoms with Gasteiger partial charge in [0.2, 0.25) is 0 Å². The van der Waals surface area contributed by atoms with E-state index in [2.05, 4.69) is 24.3 Å². The summed E-state index contributed by atoms with van der Waals surface area (Å²) in [5, 5.41) is 9.23. The van der Waals surface area contributed by atoms with Crippen molar-refractivity contribution in [1.82, 2.24) is 0 Å². The minimum Gasteiger partial charge on any atom is -0.870 e. The summed E-state index contributed by atoms with van der Waals surface area (Å²) in [6, 6.07) is 43.7. The molecule has 0 saturated carbocycles. The molecule has 2 N–H and O–H groups in total. The van der Waals surface area contributed by atoms with Crippen molar-refractivity contribution in [2.24, 2.45) is 0 Å². The Kier molecular flexibility index (Phi) is 13.3. The van der Waals surface area contributed by atoms with Gasteiger partial charge in [-0.15, -0.1) is 22.7 Å². The molecule has 0 unspecified atom stereocenters. The Morgan fingerprint density at radius 1 is 0.591 bits per heavy atom. The van der Waals surface area contributed by atoms with Crippen LogP contribution in [0.2, 0.25) is 0 Å². The number of aromatic carboxylic acids is 1. The molecular weight excluding hydrogens is 600 g/mol. The number of thiophene rings is 2. The molecule has 6 rings (SSSR count). The summed E-state index contributed by atoms with van der Waals surface area (Å²) in [6.07, 6.45) is 0. The maximum Gasteiger partial charge on any atom is 1.00 e. The maximum absolute atomic E-state index is 12.1. The van der Waals surface area contributed by atoms with Crippen LogP contribution in [-0.2, 0) is 4.74 Å². The third-order valence-electron chi connectivity index (χ3n) is 6.39. The van der Waals surface area contributed by atoms with E-state index in [4.69, 9.17) is 4.74 Å². The summed E-state index contributed by atoms with van der Waals surface area (Å²) in [5.74, 6) is -1.14. The Balaban J connectivity index is 0.000000231. The number of rotatable bonds is 7. The number of carboxylic acids is 1. The number of hydrogen-bond donors (Lipinski definition) is 1. The van der Waals surface area contributed by atoms with E-state index in [0.717, 1.165) is 43.1 Å². The van der Waals surface area contributed by atoms with Gasteiger partial charge in [-0.1, -0.05) is 121 Å². The first-order valence-electron chi connectivity index (χ1n) is 13.4. The summed E-state index contributed by atoms with van der Waals surface area (Å²) in [5.41, 5.74) is 6.34. The van der Waals surface area contributed by atoms with Crippen molar-refractivity contribution in [2.45, 2.75) is 6.92 Å². The first kappa shape index (κ1) is 34.7. The maximum atomic E-state index is 12.1. The monoisotopic (exact) mass is 628 g/mol. The van der Waals surface area contributed by atoms with Crippen molar-refractivity contribution in [2.75, 3.05) is 6.61 Å². The molecule has 5 nitrogen and oxygen atoms in total. The minimum atomic E-state index is -0.880. The SMILES string of the molecule is CCOC(=O)c1cc(-c2ccccc2)c(-c2ccccc2)s1.O=C(O)c1cc(-c2ccccc2)c(-c2ccccc2)s1.[Na+].[OH-]. The van der Waals surface area contributed by atoms with Crippen LogP contribution in [0.15, 0.2) is 133 Å². The number of esters is 1. The molecule has 8 heteroatoms. The molecule has 0 bridgehead atoms. The van der Waals surface area contributed by atoms with E-state index >= 15 is 0 Å². The normalized spacial score (nSPS) is 9.93. The minimum absolute atomic E-state index is 0. The first-order chi connectivity index (χ1) is 20.5. The zero-order chi connectivity index (χ0) is 29.3. The van der Waals surface area contributed by atoms with Crippen LogP contribution < -0.4 is 29.6 Å². The van der Waals surface area contributed by atoms with E-state index in [1.54, 1.807) is 6.07 Å². The second kappa shape index (κ2) is 16.9. The van der Waals surface area contributed by atoms with Crippen LogP contribution in [-0.4, -0.2) is 29.1 Å². The second-order valence-corrected chi connectivity index (χ2v) is 11.3. The molecule has 6 aromatic rings. The summed E-state index contributed by atoms with van der Waals surface area (Å²) in [6.45, 7) is 2.21. The van der Waals surface area contributed by atoms with Crippen molar-refractivity contribution in [3.05, 3.63) is 143 Å².